The Morgan fingerprint density at radius 2 is 1.73 bits per heavy atom. The first-order valence-corrected chi connectivity index (χ1v) is 8.41. The van der Waals surface area contributed by atoms with E-state index in [1.807, 2.05) is 6.07 Å². The number of nitrogens with one attached hydrogen (secondary N) is 1. The molecule has 26 heavy (non-hydrogen) atoms. The first-order valence-electron chi connectivity index (χ1n) is 7.65. The molecule has 3 aromatic rings. The highest BCUT2D eigenvalue weighted by molar-refractivity contribution is 6.35. The second kappa shape index (κ2) is 8.04. The molecule has 0 saturated heterocycles. The third kappa shape index (κ3) is 4.23. The number of halogens is 2. The van der Waals surface area contributed by atoms with Crippen LogP contribution < -0.4 is 10.1 Å². The molecule has 1 N–H and O–H groups in total. The average Bonchev–Trinajstić information content (AvgIpc) is 2.65. The Morgan fingerprint density at radius 3 is 2.42 bits per heavy atom. The van der Waals surface area contributed by atoms with Crippen molar-refractivity contribution in [2.24, 2.45) is 0 Å². The topological polar surface area (TPSA) is 55.4 Å². The standard InChI is InChI=1S/C20H13Cl2NO3/c21-15-7-9-19(17(22)10-15)26-16-8-6-14(12-24)18(11-16)23-20(25)13-4-2-1-3-5-13/h1-12H,(H,23,25). The van der Waals surface area contributed by atoms with E-state index in [0.29, 0.717) is 44.6 Å². The number of benzene rings is 3. The summed E-state index contributed by atoms with van der Waals surface area (Å²) < 4.78 is 5.73. The fourth-order valence-corrected chi connectivity index (χ4v) is 2.73. The minimum atomic E-state index is -0.324. The van der Waals surface area contributed by atoms with E-state index in [4.69, 9.17) is 27.9 Å². The van der Waals surface area contributed by atoms with Gasteiger partial charge >= 0.3 is 0 Å². The first-order chi connectivity index (χ1) is 12.6. The molecule has 0 aliphatic rings. The van der Waals surface area contributed by atoms with Crippen LogP contribution in [0.1, 0.15) is 20.7 Å². The molecule has 0 saturated carbocycles. The van der Waals surface area contributed by atoms with Crippen LogP contribution in [0.5, 0.6) is 11.5 Å². The third-order valence-electron chi connectivity index (χ3n) is 3.56. The lowest BCUT2D eigenvalue weighted by molar-refractivity contribution is 0.102. The van der Waals surface area contributed by atoms with Crippen LogP contribution in [0.2, 0.25) is 10.0 Å². The Balaban J connectivity index is 1.86. The molecule has 3 rings (SSSR count). The lowest BCUT2D eigenvalue weighted by Crippen LogP contribution is -2.13. The third-order valence-corrected chi connectivity index (χ3v) is 4.09. The Morgan fingerprint density at radius 1 is 0.962 bits per heavy atom. The van der Waals surface area contributed by atoms with E-state index in [1.165, 1.54) is 0 Å². The van der Waals surface area contributed by atoms with Gasteiger partial charge in [-0.2, -0.15) is 0 Å². The summed E-state index contributed by atoms with van der Waals surface area (Å²) in [4.78, 5) is 23.6. The lowest BCUT2D eigenvalue weighted by atomic mass is 10.1. The molecule has 130 valence electrons. The molecule has 0 aliphatic carbocycles. The number of carbonyl (C=O) groups excluding carboxylic acids is 2. The molecular formula is C20H13Cl2NO3. The molecule has 0 radical (unpaired) electrons. The highest BCUT2D eigenvalue weighted by atomic mass is 35.5. The first kappa shape index (κ1) is 18.0. The molecule has 0 aromatic heterocycles. The normalized spacial score (nSPS) is 10.2. The molecule has 3 aromatic carbocycles. The zero-order chi connectivity index (χ0) is 18.5. The van der Waals surface area contributed by atoms with Gasteiger partial charge in [-0.15, -0.1) is 0 Å². The molecule has 0 heterocycles. The number of aldehydes is 1. The van der Waals surface area contributed by atoms with Crippen LogP contribution in [0.3, 0.4) is 0 Å². The van der Waals surface area contributed by atoms with Crippen molar-refractivity contribution in [2.45, 2.75) is 0 Å². The van der Waals surface area contributed by atoms with E-state index < -0.39 is 0 Å². The molecule has 0 unspecified atom stereocenters. The Hall–Kier alpha value is -2.82. The molecule has 6 heteroatoms. The van der Waals surface area contributed by atoms with Crippen LogP contribution in [-0.4, -0.2) is 12.2 Å². The van der Waals surface area contributed by atoms with E-state index in [2.05, 4.69) is 5.32 Å². The molecule has 0 spiro atoms. The van der Waals surface area contributed by atoms with E-state index in [-0.39, 0.29) is 5.91 Å². The predicted octanol–water partition coefficient (Wildman–Crippen LogP) is 5.85. The van der Waals surface area contributed by atoms with E-state index in [9.17, 15) is 9.59 Å². The SMILES string of the molecule is O=Cc1ccc(Oc2ccc(Cl)cc2Cl)cc1NC(=O)c1ccccc1. The van der Waals surface area contributed by atoms with Gasteiger partial charge < -0.3 is 10.1 Å². The molecular weight excluding hydrogens is 373 g/mol. The largest absolute Gasteiger partial charge is 0.456 e. The van der Waals surface area contributed by atoms with Gasteiger partial charge in [0.2, 0.25) is 0 Å². The average molecular weight is 386 g/mol. The van der Waals surface area contributed by atoms with E-state index in [1.54, 1.807) is 60.7 Å². The van der Waals surface area contributed by atoms with Gasteiger partial charge in [0.15, 0.2) is 6.29 Å². The van der Waals surface area contributed by atoms with Crippen molar-refractivity contribution in [3.8, 4) is 11.5 Å². The Kier molecular flexibility index (Phi) is 5.56. The number of ether oxygens (including phenoxy) is 1. The zero-order valence-electron chi connectivity index (χ0n) is 13.4. The second-order valence-electron chi connectivity index (χ2n) is 5.36. The molecule has 0 bridgehead atoms. The lowest BCUT2D eigenvalue weighted by Gasteiger charge is -2.12. The number of carbonyl (C=O) groups is 2. The highest BCUT2D eigenvalue weighted by Gasteiger charge is 2.11. The van der Waals surface area contributed by atoms with Crippen molar-refractivity contribution in [3.63, 3.8) is 0 Å². The maximum absolute atomic E-state index is 12.3. The van der Waals surface area contributed by atoms with E-state index in [0.717, 1.165) is 0 Å². The second-order valence-corrected chi connectivity index (χ2v) is 6.21. The monoisotopic (exact) mass is 385 g/mol. The van der Waals surface area contributed by atoms with Crippen LogP contribution >= 0.6 is 23.2 Å². The van der Waals surface area contributed by atoms with Crippen LogP contribution in [0.4, 0.5) is 5.69 Å². The summed E-state index contributed by atoms with van der Waals surface area (Å²) in [5, 5.41) is 3.57. The number of amides is 1. The molecule has 1 amide bonds. The summed E-state index contributed by atoms with van der Waals surface area (Å²) in [6.45, 7) is 0. The van der Waals surface area contributed by atoms with Gasteiger partial charge in [-0.25, -0.2) is 0 Å². The number of rotatable bonds is 5. The van der Waals surface area contributed by atoms with Gasteiger partial charge in [0.05, 0.1) is 10.7 Å². The molecule has 0 atom stereocenters. The quantitative estimate of drug-likeness (QED) is 0.560. The summed E-state index contributed by atoms with van der Waals surface area (Å²) in [5.74, 6) is 0.508. The van der Waals surface area contributed by atoms with Crippen molar-refractivity contribution in [1.29, 1.82) is 0 Å². The zero-order valence-corrected chi connectivity index (χ0v) is 14.9. The smallest absolute Gasteiger partial charge is 0.255 e. The van der Waals surface area contributed by atoms with Gasteiger partial charge in [0.25, 0.3) is 5.91 Å². The maximum Gasteiger partial charge on any atom is 0.255 e. The Bertz CT molecular complexity index is 959. The summed E-state index contributed by atoms with van der Waals surface area (Å²) in [6.07, 6.45) is 0.666. The number of hydrogen-bond acceptors (Lipinski definition) is 3. The summed E-state index contributed by atoms with van der Waals surface area (Å²) >= 11 is 12.0. The van der Waals surface area contributed by atoms with Crippen molar-refractivity contribution in [1.82, 2.24) is 0 Å². The van der Waals surface area contributed by atoms with Crippen molar-refractivity contribution < 1.29 is 14.3 Å². The fourth-order valence-electron chi connectivity index (χ4n) is 2.28. The Labute approximate surface area is 160 Å². The number of hydrogen-bond donors (Lipinski definition) is 1. The van der Waals surface area contributed by atoms with Crippen LogP contribution in [0.25, 0.3) is 0 Å². The minimum Gasteiger partial charge on any atom is -0.456 e. The molecule has 0 aliphatic heterocycles. The van der Waals surface area contributed by atoms with Gasteiger partial charge in [-0.05, 0) is 42.5 Å². The summed E-state index contributed by atoms with van der Waals surface area (Å²) in [7, 11) is 0. The van der Waals surface area contributed by atoms with Crippen LogP contribution in [0, 0.1) is 0 Å². The highest BCUT2D eigenvalue weighted by Crippen LogP contribution is 2.33. The van der Waals surface area contributed by atoms with Crippen LogP contribution in [0.15, 0.2) is 66.7 Å². The maximum atomic E-state index is 12.3. The van der Waals surface area contributed by atoms with Crippen molar-refractivity contribution >= 4 is 41.1 Å². The fraction of sp³-hybridized carbons (Fsp3) is 0. The van der Waals surface area contributed by atoms with Gasteiger partial charge in [-0.3, -0.25) is 9.59 Å². The van der Waals surface area contributed by atoms with Gasteiger partial charge in [0.1, 0.15) is 11.5 Å². The van der Waals surface area contributed by atoms with Gasteiger partial charge in [-0.1, -0.05) is 41.4 Å². The summed E-state index contributed by atoms with van der Waals surface area (Å²) in [6, 6.07) is 18.3. The van der Waals surface area contributed by atoms with Gasteiger partial charge in [0, 0.05) is 22.2 Å². The minimum absolute atomic E-state index is 0.324. The summed E-state index contributed by atoms with van der Waals surface area (Å²) in [5.41, 5.74) is 1.16. The number of anilines is 1. The molecule has 0 fully saturated rings. The van der Waals surface area contributed by atoms with Crippen LogP contribution in [-0.2, 0) is 0 Å². The predicted molar refractivity (Wildman–Crippen MR) is 103 cm³/mol. The van der Waals surface area contributed by atoms with Crippen molar-refractivity contribution in [2.75, 3.05) is 5.32 Å². The molecule has 4 nitrogen and oxygen atoms in total. The van der Waals surface area contributed by atoms with E-state index >= 15 is 0 Å². The van der Waals surface area contributed by atoms with Crippen molar-refractivity contribution in [3.05, 3.63) is 87.9 Å².